The molecule has 1 aliphatic rings. The summed E-state index contributed by atoms with van der Waals surface area (Å²) < 4.78 is 1.80. The molecule has 31 heavy (non-hydrogen) atoms. The molecular weight excluding hydrogens is 408 g/mol. The molecule has 4 rings (SSSR count). The second-order valence-corrected chi connectivity index (χ2v) is 8.60. The van der Waals surface area contributed by atoms with Crippen LogP contribution in [0.2, 0.25) is 0 Å². The van der Waals surface area contributed by atoms with Crippen LogP contribution in [0.15, 0.2) is 65.2 Å². The number of nitrogens with one attached hydrogen (secondary N) is 2. The minimum absolute atomic E-state index is 0.175. The molecule has 3 aromatic rings. The summed E-state index contributed by atoms with van der Waals surface area (Å²) in [5.74, 6) is 1.42. The number of unbranched alkanes of at least 4 members (excludes halogenated alkanes) is 1. The molecule has 1 aromatic carbocycles. The van der Waals surface area contributed by atoms with Crippen molar-refractivity contribution >= 4 is 29.3 Å². The molecule has 3 heterocycles. The van der Waals surface area contributed by atoms with Gasteiger partial charge in [-0.2, -0.15) is 4.98 Å². The molecule has 0 fully saturated rings. The Balaban J connectivity index is 1.70. The Kier molecular flexibility index (Phi) is 6.36. The van der Waals surface area contributed by atoms with Crippen LogP contribution in [0.1, 0.15) is 43.9 Å². The summed E-state index contributed by atoms with van der Waals surface area (Å²) in [7, 11) is 0. The van der Waals surface area contributed by atoms with Crippen LogP contribution in [-0.2, 0) is 4.79 Å². The van der Waals surface area contributed by atoms with Crippen LogP contribution in [0.5, 0.6) is 0 Å². The lowest BCUT2D eigenvalue weighted by atomic mass is 9.96. The quantitative estimate of drug-likeness (QED) is 0.410. The Morgan fingerprint density at radius 1 is 1.26 bits per heavy atom. The summed E-state index contributed by atoms with van der Waals surface area (Å²) in [6, 6.07) is 11.2. The molecule has 2 N–H and O–H groups in total. The van der Waals surface area contributed by atoms with E-state index in [2.05, 4.69) is 27.5 Å². The van der Waals surface area contributed by atoms with Gasteiger partial charge in [0.25, 0.3) is 5.91 Å². The Hall–Kier alpha value is -3.13. The normalized spacial score (nSPS) is 15.4. The average Bonchev–Trinajstić information content (AvgIpc) is 3.15. The maximum Gasteiger partial charge on any atom is 0.255 e. The molecule has 160 valence electrons. The van der Waals surface area contributed by atoms with E-state index in [0.717, 1.165) is 41.1 Å². The lowest BCUT2D eigenvalue weighted by Gasteiger charge is -2.28. The van der Waals surface area contributed by atoms with Crippen molar-refractivity contribution in [2.75, 3.05) is 16.4 Å². The number of hydrogen-bond acceptors (Lipinski definition) is 6. The smallest absolute Gasteiger partial charge is 0.255 e. The highest BCUT2D eigenvalue weighted by Crippen LogP contribution is 2.36. The van der Waals surface area contributed by atoms with Gasteiger partial charge in [0.1, 0.15) is 6.04 Å². The highest BCUT2D eigenvalue weighted by atomic mass is 32.2. The van der Waals surface area contributed by atoms with Gasteiger partial charge in [-0.1, -0.05) is 43.3 Å². The average molecular weight is 435 g/mol. The van der Waals surface area contributed by atoms with Crippen LogP contribution >= 0.6 is 11.8 Å². The van der Waals surface area contributed by atoms with Crippen molar-refractivity contribution in [1.29, 1.82) is 0 Å². The number of nitrogens with zero attached hydrogens (tertiary/aromatic N) is 4. The molecule has 8 heteroatoms. The molecule has 0 saturated carbocycles. The first kappa shape index (κ1) is 21.1. The fourth-order valence-electron chi connectivity index (χ4n) is 3.56. The first-order chi connectivity index (χ1) is 15.1. The largest absolute Gasteiger partial charge is 0.328 e. The van der Waals surface area contributed by atoms with Gasteiger partial charge in [-0.15, -0.1) is 5.10 Å². The standard InChI is InChI=1S/C23H26N6OS/c1-4-5-12-31-23-27-22-25-16(3)19(21(30)26-18-10-6-8-15(2)13-18)20(29(22)28-23)17-9-7-11-24-14-17/h6-11,13-14,20H,4-5,12H2,1-3H3,(H,26,30)(H,25,27,28). The zero-order chi connectivity index (χ0) is 21.8. The topological polar surface area (TPSA) is 84.7 Å². The third-order valence-electron chi connectivity index (χ3n) is 5.08. The number of amides is 1. The number of fused-ring (bicyclic) bond motifs is 1. The van der Waals surface area contributed by atoms with Crippen LogP contribution in [-0.4, -0.2) is 31.4 Å². The molecule has 1 aliphatic heterocycles. The molecule has 0 aliphatic carbocycles. The van der Waals surface area contributed by atoms with Crippen LogP contribution in [0.4, 0.5) is 11.6 Å². The van der Waals surface area contributed by atoms with E-state index < -0.39 is 6.04 Å². The van der Waals surface area contributed by atoms with Gasteiger partial charge in [-0.25, -0.2) is 4.68 Å². The number of allylic oxidation sites excluding steroid dienone is 1. The molecule has 1 amide bonds. The van der Waals surface area contributed by atoms with Gasteiger partial charge in [-0.3, -0.25) is 9.78 Å². The van der Waals surface area contributed by atoms with E-state index >= 15 is 0 Å². The van der Waals surface area contributed by atoms with Crippen molar-refractivity contribution in [3.63, 3.8) is 0 Å². The van der Waals surface area contributed by atoms with Crippen molar-refractivity contribution in [2.24, 2.45) is 0 Å². The minimum Gasteiger partial charge on any atom is -0.328 e. The lowest BCUT2D eigenvalue weighted by Crippen LogP contribution is -2.31. The predicted octanol–water partition coefficient (Wildman–Crippen LogP) is 4.80. The van der Waals surface area contributed by atoms with E-state index in [0.29, 0.717) is 16.7 Å². The molecule has 0 radical (unpaired) electrons. The second-order valence-electron chi connectivity index (χ2n) is 7.54. The first-order valence-corrected chi connectivity index (χ1v) is 11.4. The first-order valence-electron chi connectivity index (χ1n) is 10.4. The van der Waals surface area contributed by atoms with E-state index in [9.17, 15) is 4.79 Å². The van der Waals surface area contributed by atoms with Gasteiger partial charge in [0, 0.05) is 29.5 Å². The van der Waals surface area contributed by atoms with Crippen molar-refractivity contribution in [3.05, 3.63) is 71.2 Å². The molecule has 0 bridgehead atoms. The molecule has 1 unspecified atom stereocenters. The second kappa shape index (κ2) is 9.34. The number of pyridine rings is 1. The number of benzene rings is 1. The van der Waals surface area contributed by atoms with Gasteiger partial charge >= 0.3 is 0 Å². The summed E-state index contributed by atoms with van der Waals surface area (Å²) in [5, 5.41) is 11.8. The molecule has 0 saturated heterocycles. The maximum absolute atomic E-state index is 13.4. The van der Waals surface area contributed by atoms with Crippen LogP contribution < -0.4 is 10.6 Å². The zero-order valence-corrected chi connectivity index (χ0v) is 18.7. The van der Waals surface area contributed by atoms with Crippen LogP contribution in [0.3, 0.4) is 0 Å². The highest BCUT2D eigenvalue weighted by molar-refractivity contribution is 7.99. The molecule has 2 aromatic heterocycles. The van der Waals surface area contributed by atoms with Gasteiger partial charge in [0.2, 0.25) is 11.1 Å². The highest BCUT2D eigenvalue weighted by Gasteiger charge is 2.34. The SMILES string of the molecule is CCCCSc1nc2n(n1)C(c1cccnc1)C(C(=O)Nc1cccc(C)c1)=C(C)N2. The molecule has 0 spiro atoms. The molecule has 1 atom stereocenters. The van der Waals surface area contributed by atoms with Crippen LogP contribution in [0, 0.1) is 6.92 Å². The van der Waals surface area contributed by atoms with Gasteiger partial charge in [0.15, 0.2) is 0 Å². The van der Waals surface area contributed by atoms with Crippen LogP contribution in [0.25, 0.3) is 0 Å². The van der Waals surface area contributed by atoms with Gasteiger partial charge < -0.3 is 10.6 Å². The third-order valence-corrected chi connectivity index (χ3v) is 6.01. The summed E-state index contributed by atoms with van der Waals surface area (Å²) >= 11 is 1.63. The summed E-state index contributed by atoms with van der Waals surface area (Å²) in [6.07, 6.45) is 5.73. The van der Waals surface area contributed by atoms with E-state index in [1.807, 2.05) is 50.2 Å². The van der Waals surface area contributed by atoms with Crippen molar-refractivity contribution < 1.29 is 4.79 Å². The Morgan fingerprint density at radius 2 is 2.13 bits per heavy atom. The molecular formula is C23H26N6OS. The summed E-state index contributed by atoms with van der Waals surface area (Å²) in [6.45, 7) is 6.06. The fourth-order valence-corrected chi connectivity index (χ4v) is 4.47. The number of anilines is 2. The maximum atomic E-state index is 13.4. The van der Waals surface area contributed by atoms with Crippen molar-refractivity contribution in [3.8, 4) is 0 Å². The lowest BCUT2D eigenvalue weighted by molar-refractivity contribution is -0.113. The fraction of sp³-hybridized carbons (Fsp3) is 0.304. The Labute approximate surface area is 186 Å². The monoisotopic (exact) mass is 434 g/mol. The number of thioether (sulfide) groups is 1. The number of aryl methyl sites for hydroxylation is 1. The van der Waals surface area contributed by atoms with E-state index in [1.54, 1.807) is 28.8 Å². The summed E-state index contributed by atoms with van der Waals surface area (Å²) in [4.78, 5) is 22.3. The number of carbonyl (C=O) groups excluding carboxylic acids is 1. The number of carbonyl (C=O) groups is 1. The van der Waals surface area contributed by atoms with Crippen molar-refractivity contribution in [1.82, 2.24) is 19.7 Å². The number of aromatic nitrogens is 4. The predicted molar refractivity (Wildman–Crippen MR) is 124 cm³/mol. The van der Waals surface area contributed by atoms with E-state index in [-0.39, 0.29) is 5.91 Å². The van der Waals surface area contributed by atoms with E-state index in [4.69, 9.17) is 5.10 Å². The molecule has 7 nitrogen and oxygen atoms in total. The Bertz CT molecular complexity index is 1110. The Morgan fingerprint density at radius 3 is 2.87 bits per heavy atom. The van der Waals surface area contributed by atoms with Gasteiger partial charge in [-0.05, 0) is 49.6 Å². The number of rotatable bonds is 7. The minimum atomic E-state index is -0.414. The number of hydrogen-bond donors (Lipinski definition) is 2. The zero-order valence-electron chi connectivity index (χ0n) is 17.9. The summed E-state index contributed by atoms with van der Waals surface area (Å²) in [5.41, 5.74) is 4.08. The third kappa shape index (κ3) is 4.64. The van der Waals surface area contributed by atoms with Crippen molar-refractivity contribution in [2.45, 2.75) is 44.8 Å². The van der Waals surface area contributed by atoms with E-state index in [1.165, 1.54) is 0 Å². The van der Waals surface area contributed by atoms with Gasteiger partial charge in [0.05, 0.1) is 5.57 Å².